The van der Waals surface area contributed by atoms with Gasteiger partial charge in [0, 0.05) is 5.02 Å². The second-order valence-corrected chi connectivity index (χ2v) is 6.12. The van der Waals surface area contributed by atoms with Gasteiger partial charge in [-0.2, -0.15) is 0 Å². The molecule has 1 unspecified atom stereocenters. The first-order chi connectivity index (χ1) is 10.2. The number of aryl methyl sites for hydroxylation is 1. The summed E-state index contributed by atoms with van der Waals surface area (Å²) in [5.41, 5.74) is 5.10. The minimum atomic E-state index is 0.546. The first-order valence-corrected chi connectivity index (χ1v) is 7.78. The summed E-state index contributed by atoms with van der Waals surface area (Å²) in [7, 11) is 0. The molecule has 0 nitrogen and oxygen atoms in total. The van der Waals surface area contributed by atoms with E-state index < -0.39 is 0 Å². The highest BCUT2D eigenvalue weighted by molar-refractivity contribution is 6.32. The van der Waals surface area contributed by atoms with Crippen molar-refractivity contribution in [2.45, 2.75) is 19.8 Å². The normalized spacial score (nSPS) is 17.6. The molecule has 0 aliphatic heterocycles. The Labute approximate surface area is 131 Å². The molecule has 0 bridgehead atoms. The van der Waals surface area contributed by atoms with Crippen LogP contribution in [-0.4, -0.2) is 0 Å². The Hall–Kier alpha value is -1.79. The van der Waals surface area contributed by atoms with E-state index >= 15 is 0 Å². The maximum absolute atomic E-state index is 6.41. The Morgan fingerprint density at radius 1 is 1.10 bits per heavy atom. The van der Waals surface area contributed by atoms with Gasteiger partial charge in [-0.05, 0) is 54.0 Å². The Kier molecular flexibility index (Phi) is 4.26. The largest absolute Gasteiger partial charge is 0.0837 e. The van der Waals surface area contributed by atoms with Crippen molar-refractivity contribution in [2.24, 2.45) is 5.92 Å². The molecule has 0 aromatic heterocycles. The van der Waals surface area contributed by atoms with E-state index in [2.05, 4.69) is 67.6 Å². The molecular weight excluding hydrogens is 276 g/mol. The van der Waals surface area contributed by atoms with Crippen molar-refractivity contribution in [3.8, 4) is 0 Å². The van der Waals surface area contributed by atoms with E-state index in [0.717, 1.165) is 17.9 Å². The van der Waals surface area contributed by atoms with Crippen molar-refractivity contribution in [3.63, 3.8) is 0 Å². The number of rotatable bonds is 3. The van der Waals surface area contributed by atoms with E-state index in [-0.39, 0.29) is 0 Å². The van der Waals surface area contributed by atoms with Gasteiger partial charge in [-0.3, -0.25) is 0 Å². The van der Waals surface area contributed by atoms with Crippen LogP contribution in [0.2, 0.25) is 5.02 Å². The molecule has 0 heterocycles. The van der Waals surface area contributed by atoms with Crippen molar-refractivity contribution >= 4 is 17.2 Å². The Bertz CT molecular complexity index is 680. The third kappa shape index (κ3) is 3.46. The predicted octanol–water partition coefficient (Wildman–Crippen LogP) is 5.85. The van der Waals surface area contributed by atoms with E-state index in [1.165, 1.54) is 22.3 Å². The van der Waals surface area contributed by atoms with E-state index in [1.807, 2.05) is 6.07 Å². The molecule has 2 aromatic carbocycles. The Morgan fingerprint density at radius 2 is 1.90 bits per heavy atom. The van der Waals surface area contributed by atoms with Crippen LogP contribution in [-0.2, 0) is 6.42 Å². The summed E-state index contributed by atoms with van der Waals surface area (Å²) < 4.78 is 0. The molecule has 0 saturated heterocycles. The Balaban J connectivity index is 1.77. The molecule has 1 aliphatic carbocycles. The SMILES string of the molecule is Cc1ccc(C2=CC=CC(Cc3ccccc3)C2)c(Cl)c1. The molecule has 0 amide bonds. The van der Waals surface area contributed by atoms with Crippen LogP contribution < -0.4 is 0 Å². The monoisotopic (exact) mass is 294 g/mol. The highest BCUT2D eigenvalue weighted by Crippen LogP contribution is 2.33. The van der Waals surface area contributed by atoms with E-state index in [9.17, 15) is 0 Å². The fourth-order valence-electron chi connectivity index (χ4n) is 2.88. The fourth-order valence-corrected chi connectivity index (χ4v) is 3.24. The summed E-state index contributed by atoms with van der Waals surface area (Å²) in [5.74, 6) is 0.546. The lowest BCUT2D eigenvalue weighted by molar-refractivity contribution is 0.663. The van der Waals surface area contributed by atoms with Crippen LogP contribution in [0.5, 0.6) is 0 Å². The molecule has 21 heavy (non-hydrogen) atoms. The van der Waals surface area contributed by atoms with Crippen LogP contribution in [0.4, 0.5) is 0 Å². The molecule has 0 N–H and O–H groups in total. The maximum atomic E-state index is 6.41. The van der Waals surface area contributed by atoms with Crippen LogP contribution in [0, 0.1) is 12.8 Å². The number of hydrogen-bond donors (Lipinski definition) is 0. The summed E-state index contributed by atoms with van der Waals surface area (Å²) in [5, 5.41) is 0.856. The van der Waals surface area contributed by atoms with Crippen LogP contribution in [0.25, 0.3) is 5.57 Å². The number of halogens is 1. The van der Waals surface area contributed by atoms with Crippen LogP contribution in [0.15, 0.2) is 66.8 Å². The first kappa shape index (κ1) is 14.2. The van der Waals surface area contributed by atoms with Gasteiger partial charge in [0.25, 0.3) is 0 Å². The zero-order chi connectivity index (χ0) is 14.7. The lowest BCUT2D eigenvalue weighted by Gasteiger charge is -2.20. The zero-order valence-electron chi connectivity index (χ0n) is 12.2. The summed E-state index contributed by atoms with van der Waals surface area (Å²) in [4.78, 5) is 0. The predicted molar refractivity (Wildman–Crippen MR) is 91.6 cm³/mol. The van der Waals surface area contributed by atoms with Gasteiger partial charge in [0.1, 0.15) is 0 Å². The number of hydrogen-bond acceptors (Lipinski definition) is 0. The lowest BCUT2D eigenvalue weighted by Crippen LogP contribution is -2.06. The molecule has 0 fully saturated rings. The average Bonchev–Trinajstić information content (AvgIpc) is 2.48. The van der Waals surface area contributed by atoms with Crippen LogP contribution in [0.3, 0.4) is 0 Å². The summed E-state index contributed by atoms with van der Waals surface area (Å²) in [6.07, 6.45) is 8.80. The van der Waals surface area contributed by atoms with Gasteiger partial charge in [0.15, 0.2) is 0 Å². The third-order valence-corrected chi connectivity index (χ3v) is 4.29. The average molecular weight is 295 g/mol. The van der Waals surface area contributed by atoms with E-state index in [1.54, 1.807) is 0 Å². The lowest BCUT2D eigenvalue weighted by atomic mass is 9.86. The highest BCUT2D eigenvalue weighted by atomic mass is 35.5. The minimum Gasteiger partial charge on any atom is -0.0837 e. The standard InChI is InChI=1S/C20H19Cl/c1-15-10-11-19(20(21)12-15)18-9-5-8-17(14-18)13-16-6-3-2-4-7-16/h2-12,17H,13-14H2,1H3. The quantitative estimate of drug-likeness (QED) is 0.666. The molecule has 1 aliphatic rings. The maximum Gasteiger partial charge on any atom is 0.0483 e. The van der Waals surface area contributed by atoms with Gasteiger partial charge in [0.05, 0.1) is 0 Å². The summed E-state index contributed by atoms with van der Waals surface area (Å²) in [6.45, 7) is 2.07. The molecule has 1 atom stereocenters. The van der Waals surface area contributed by atoms with Crippen molar-refractivity contribution < 1.29 is 0 Å². The van der Waals surface area contributed by atoms with E-state index in [0.29, 0.717) is 5.92 Å². The Morgan fingerprint density at radius 3 is 2.67 bits per heavy atom. The molecule has 3 rings (SSSR count). The van der Waals surface area contributed by atoms with Crippen molar-refractivity contribution in [2.75, 3.05) is 0 Å². The van der Waals surface area contributed by atoms with Gasteiger partial charge >= 0.3 is 0 Å². The molecule has 106 valence electrons. The minimum absolute atomic E-state index is 0.546. The smallest absolute Gasteiger partial charge is 0.0483 e. The third-order valence-electron chi connectivity index (χ3n) is 3.97. The zero-order valence-corrected chi connectivity index (χ0v) is 13.0. The van der Waals surface area contributed by atoms with Crippen LogP contribution >= 0.6 is 11.6 Å². The van der Waals surface area contributed by atoms with Gasteiger partial charge in [-0.15, -0.1) is 0 Å². The van der Waals surface area contributed by atoms with Gasteiger partial charge < -0.3 is 0 Å². The van der Waals surface area contributed by atoms with E-state index in [4.69, 9.17) is 11.6 Å². The molecule has 2 aromatic rings. The second-order valence-electron chi connectivity index (χ2n) is 5.71. The fraction of sp³-hybridized carbons (Fsp3) is 0.200. The number of benzene rings is 2. The first-order valence-electron chi connectivity index (χ1n) is 7.40. The number of allylic oxidation sites excluding steroid dienone is 4. The molecule has 1 heteroatoms. The molecule has 0 saturated carbocycles. The summed E-state index contributed by atoms with van der Waals surface area (Å²) in [6, 6.07) is 17.0. The highest BCUT2D eigenvalue weighted by Gasteiger charge is 2.15. The van der Waals surface area contributed by atoms with Gasteiger partial charge in [-0.25, -0.2) is 0 Å². The second kappa shape index (κ2) is 6.32. The van der Waals surface area contributed by atoms with Crippen molar-refractivity contribution in [1.82, 2.24) is 0 Å². The van der Waals surface area contributed by atoms with Crippen molar-refractivity contribution in [1.29, 1.82) is 0 Å². The molecule has 0 radical (unpaired) electrons. The van der Waals surface area contributed by atoms with Gasteiger partial charge in [-0.1, -0.05) is 72.3 Å². The molecular formula is C20H19Cl. The van der Waals surface area contributed by atoms with Gasteiger partial charge in [0.2, 0.25) is 0 Å². The van der Waals surface area contributed by atoms with Crippen LogP contribution in [0.1, 0.15) is 23.1 Å². The van der Waals surface area contributed by atoms with Crippen molar-refractivity contribution in [3.05, 3.63) is 88.5 Å². The topological polar surface area (TPSA) is 0 Å². The molecule has 0 spiro atoms. The summed E-state index contributed by atoms with van der Waals surface area (Å²) >= 11 is 6.41.